The van der Waals surface area contributed by atoms with E-state index in [1.165, 1.54) is 0 Å². The molecular weight excluding hydrogens is 498 g/mol. The molecule has 2 unspecified atom stereocenters. The molecule has 3 aromatic rings. The van der Waals surface area contributed by atoms with Crippen molar-refractivity contribution in [3.05, 3.63) is 30.5 Å². The van der Waals surface area contributed by atoms with Gasteiger partial charge in [0, 0.05) is 56.9 Å². The number of carbonyl (C=O) groups is 2. The summed E-state index contributed by atoms with van der Waals surface area (Å²) in [6, 6.07) is 7.21. The van der Waals surface area contributed by atoms with Gasteiger partial charge in [-0.2, -0.15) is 5.10 Å². The van der Waals surface area contributed by atoms with Crippen molar-refractivity contribution >= 4 is 34.5 Å². The predicted octanol–water partition coefficient (Wildman–Crippen LogP) is 2.15. The number of urea groups is 1. The number of carbonyl (C=O) groups excluding carboxylic acids is 2. The normalized spacial score (nSPS) is 18.6. The number of rotatable bonds is 10. The van der Waals surface area contributed by atoms with E-state index in [-0.39, 0.29) is 31.2 Å². The lowest BCUT2D eigenvalue weighted by Gasteiger charge is -2.33. The molecule has 2 aromatic heterocycles. The number of nitrogens with one attached hydrogen (secondary N) is 1. The maximum absolute atomic E-state index is 13.0. The summed E-state index contributed by atoms with van der Waals surface area (Å²) >= 11 is 0. The number of anilines is 2. The highest BCUT2D eigenvalue weighted by Crippen LogP contribution is 2.33. The highest BCUT2D eigenvalue weighted by Gasteiger charge is 2.35. The third kappa shape index (κ3) is 6.12. The highest BCUT2D eigenvalue weighted by molar-refractivity contribution is 5.91. The molecule has 3 amide bonds. The second-order valence-corrected chi connectivity index (χ2v) is 10.4. The van der Waals surface area contributed by atoms with Crippen molar-refractivity contribution in [3.8, 4) is 11.4 Å². The van der Waals surface area contributed by atoms with Gasteiger partial charge in [0.05, 0.1) is 23.8 Å². The van der Waals surface area contributed by atoms with E-state index >= 15 is 0 Å². The molecule has 12 nitrogen and oxygen atoms in total. The molecule has 2 saturated heterocycles. The van der Waals surface area contributed by atoms with Gasteiger partial charge < -0.3 is 30.5 Å². The van der Waals surface area contributed by atoms with Gasteiger partial charge in [-0.05, 0) is 58.1 Å². The van der Waals surface area contributed by atoms with Crippen LogP contribution in [0.2, 0.25) is 0 Å². The Bertz CT molecular complexity index is 1310. The number of hydrogen-bond acceptors (Lipinski definition) is 8. The minimum absolute atomic E-state index is 0.112. The zero-order chi connectivity index (χ0) is 27.5. The van der Waals surface area contributed by atoms with Gasteiger partial charge in [-0.25, -0.2) is 19.4 Å². The van der Waals surface area contributed by atoms with Crippen LogP contribution in [0.3, 0.4) is 0 Å². The van der Waals surface area contributed by atoms with Crippen molar-refractivity contribution in [1.29, 1.82) is 0 Å². The molecule has 0 saturated carbocycles. The number of nitrogens with two attached hydrogens (primary N) is 1. The first-order valence-electron chi connectivity index (χ1n) is 13.5. The van der Waals surface area contributed by atoms with E-state index in [9.17, 15) is 9.59 Å². The Morgan fingerprint density at radius 1 is 1.08 bits per heavy atom. The third-order valence-electron chi connectivity index (χ3n) is 7.25. The summed E-state index contributed by atoms with van der Waals surface area (Å²) in [6.07, 6.45) is 4.61. The fourth-order valence-electron chi connectivity index (χ4n) is 5.12. The lowest BCUT2D eigenvalue weighted by atomic mass is 10.2. The number of morpholine rings is 1. The van der Waals surface area contributed by atoms with Crippen LogP contribution in [-0.4, -0.2) is 101 Å². The molecule has 2 bridgehead atoms. The van der Waals surface area contributed by atoms with Gasteiger partial charge in [0.25, 0.3) is 0 Å². The van der Waals surface area contributed by atoms with Crippen molar-refractivity contribution in [3.63, 3.8) is 0 Å². The SMILES string of the molecule is CCn1ncc2c(N3CC4CCC(C3)O4)nc(-c3ccc(NC(=O)N(CCC(N)=O)CCN(C)C)cc3)nc21. The molecule has 5 rings (SSSR count). The Morgan fingerprint density at radius 3 is 2.44 bits per heavy atom. The van der Waals surface area contributed by atoms with Crippen molar-refractivity contribution in [2.24, 2.45) is 5.73 Å². The number of primary amides is 1. The van der Waals surface area contributed by atoms with Crippen LogP contribution in [0.15, 0.2) is 30.5 Å². The van der Waals surface area contributed by atoms with Crippen LogP contribution in [0.25, 0.3) is 22.4 Å². The van der Waals surface area contributed by atoms with E-state index in [0.717, 1.165) is 48.3 Å². The lowest BCUT2D eigenvalue weighted by molar-refractivity contribution is -0.118. The average molecular weight is 536 g/mol. The molecule has 208 valence electrons. The molecule has 4 heterocycles. The minimum Gasteiger partial charge on any atom is -0.371 e. The van der Waals surface area contributed by atoms with Gasteiger partial charge in [-0.1, -0.05) is 0 Å². The molecule has 3 N–H and O–H groups in total. The zero-order valence-corrected chi connectivity index (χ0v) is 22.8. The Balaban J connectivity index is 1.37. The minimum atomic E-state index is -0.438. The second kappa shape index (κ2) is 11.5. The predicted molar refractivity (Wildman–Crippen MR) is 149 cm³/mol. The summed E-state index contributed by atoms with van der Waals surface area (Å²) in [7, 11) is 3.87. The van der Waals surface area contributed by atoms with Crippen LogP contribution in [0.5, 0.6) is 0 Å². The van der Waals surface area contributed by atoms with Gasteiger partial charge in [0.15, 0.2) is 11.5 Å². The fourth-order valence-corrected chi connectivity index (χ4v) is 5.12. The lowest BCUT2D eigenvalue weighted by Crippen LogP contribution is -2.43. The molecule has 2 aliphatic rings. The molecule has 1 aromatic carbocycles. The largest absolute Gasteiger partial charge is 0.371 e. The summed E-state index contributed by atoms with van der Waals surface area (Å²) in [5.74, 6) is 1.06. The highest BCUT2D eigenvalue weighted by atomic mass is 16.5. The monoisotopic (exact) mass is 535 g/mol. The van der Waals surface area contributed by atoms with Crippen molar-refractivity contribution < 1.29 is 14.3 Å². The van der Waals surface area contributed by atoms with Gasteiger partial charge in [0.2, 0.25) is 5.91 Å². The van der Waals surface area contributed by atoms with E-state index in [1.54, 1.807) is 4.90 Å². The Hall–Kier alpha value is -3.77. The second-order valence-electron chi connectivity index (χ2n) is 10.4. The number of aromatic nitrogens is 4. The standard InChI is InChI=1S/C27H37N9O3/c1-4-36-26-22(15-29-36)25(35-16-20-9-10-21(17-35)39-20)31-24(32-26)18-5-7-19(8-6-18)30-27(38)34(12-11-23(28)37)14-13-33(2)3/h5-8,15,20-21H,4,9-14,16-17H2,1-3H3,(H2,28,37)(H,30,38). The van der Waals surface area contributed by atoms with Crippen LogP contribution in [0, 0.1) is 0 Å². The first-order valence-corrected chi connectivity index (χ1v) is 13.5. The number of benzene rings is 1. The van der Waals surface area contributed by atoms with Crippen LogP contribution in [-0.2, 0) is 16.1 Å². The number of amides is 3. The molecule has 39 heavy (non-hydrogen) atoms. The Labute approximate surface area is 228 Å². The number of aryl methyl sites for hydroxylation is 1. The van der Waals surface area contributed by atoms with Crippen LogP contribution >= 0.6 is 0 Å². The quantitative estimate of drug-likeness (QED) is 0.403. The number of ether oxygens (including phenoxy) is 1. The molecule has 2 fully saturated rings. The topological polar surface area (TPSA) is 135 Å². The summed E-state index contributed by atoms with van der Waals surface area (Å²) in [5, 5.41) is 8.42. The van der Waals surface area contributed by atoms with E-state index in [0.29, 0.717) is 31.1 Å². The van der Waals surface area contributed by atoms with Gasteiger partial charge in [0.1, 0.15) is 5.82 Å². The Morgan fingerprint density at radius 2 is 1.79 bits per heavy atom. The van der Waals surface area contributed by atoms with Crippen molar-refractivity contribution in [2.45, 2.75) is 44.9 Å². The molecule has 0 aliphatic carbocycles. The maximum Gasteiger partial charge on any atom is 0.321 e. The molecule has 12 heteroatoms. The average Bonchev–Trinajstić information content (AvgIpc) is 3.49. The molecule has 2 atom stereocenters. The number of fused-ring (bicyclic) bond motifs is 3. The van der Waals surface area contributed by atoms with E-state index in [2.05, 4.69) is 15.3 Å². The first kappa shape index (κ1) is 26.8. The smallest absolute Gasteiger partial charge is 0.321 e. The number of hydrogen-bond donors (Lipinski definition) is 2. The zero-order valence-electron chi connectivity index (χ0n) is 22.8. The summed E-state index contributed by atoms with van der Waals surface area (Å²) in [4.78, 5) is 40.0. The fraction of sp³-hybridized carbons (Fsp3) is 0.519. The molecular formula is C27H37N9O3. The summed E-state index contributed by atoms with van der Waals surface area (Å²) in [5.41, 5.74) is 7.60. The first-order chi connectivity index (χ1) is 18.8. The van der Waals surface area contributed by atoms with Crippen LogP contribution in [0.1, 0.15) is 26.2 Å². The van der Waals surface area contributed by atoms with Crippen LogP contribution < -0.4 is 16.0 Å². The Kier molecular flexibility index (Phi) is 7.94. The van der Waals surface area contributed by atoms with Crippen LogP contribution in [0.4, 0.5) is 16.3 Å². The number of likely N-dealkylation sites (N-methyl/N-ethyl adjacent to an activating group) is 1. The van der Waals surface area contributed by atoms with Gasteiger partial charge in [-0.3, -0.25) is 4.79 Å². The molecule has 0 radical (unpaired) electrons. The van der Waals surface area contributed by atoms with Crippen molar-refractivity contribution in [2.75, 3.05) is 57.0 Å². The summed E-state index contributed by atoms with van der Waals surface area (Å²) < 4.78 is 7.94. The molecule has 2 aliphatic heterocycles. The van der Waals surface area contributed by atoms with Gasteiger partial charge >= 0.3 is 6.03 Å². The third-order valence-corrected chi connectivity index (χ3v) is 7.25. The summed E-state index contributed by atoms with van der Waals surface area (Å²) in [6.45, 7) is 5.79. The van der Waals surface area contributed by atoms with Gasteiger partial charge in [-0.15, -0.1) is 0 Å². The van der Waals surface area contributed by atoms with E-state index < -0.39 is 5.91 Å². The van der Waals surface area contributed by atoms with E-state index in [1.807, 2.05) is 61.1 Å². The number of nitrogens with zero attached hydrogens (tertiary/aromatic N) is 7. The van der Waals surface area contributed by atoms with E-state index in [4.69, 9.17) is 20.4 Å². The maximum atomic E-state index is 13.0. The molecule has 0 spiro atoms. The van der Waals surface area contributed by atoms with Crippen molar-refractivity contribution in [1.82, 2.24) is 29.5 Å².